The second-order valence-corrected chi connectivity index (χ2v) is 7.96. The van der Waals surface area contributed by atoms with E-state index in [1.54, 1.807) is 31.2 Å². The third-order valence-corrected chi connectivity index (χ3v) is 6.48. The Morgan fingerprint density at radius 2 is 2.15 bits per heavy atom. The zero-order valence-corrected chi connectivity index (χ0v) is 12.5. The quantitative estimate of drug-likeness (QED) is 0.922. The molecule has 1 atom stereocenters. The summed E-state index contributed by atoms with van der Waals surface area (Å²) in [5.74, 6) is 0. The summed E-state index contributed by atoms with van der Waals surface area (Å²) in [4.78, 5) is 4.01. The smallest absolute Gasteiger partial charge is 0.275 e. The molecule has 106 valence electrons. The monoisotopic (exact) mass is 310 g/mol. The number of anilines is 1. The fourth-order valence-electron chi connectivity index (χ4n) is 2.33. The van der Waals surface area contributed by atoms with Crippen LogP contribution in [0.15, 0.2) is 34.7 Å². The van der Waals surface area contributed by atoms with Crippen LogP contribution in [-0.4, -0.2) is 25.1 Å². The molecule has 0 amide bonds. The van der Waals surface area contributed by atoms with Crippen molar-refractivity contribution in [1.82, 2.24) is 4.98 Å². The van der Waals surface area contributed by atoms with E-state index in [1.165, 1.54) is 10.5 Å². The number of para-hydroxylation sites is 1. The van der Waals surface area contributed by atoms with Gasteiger partial charge in [0.25, 0.3) is 10.0 Å². The topological polar surface area (TPSA) is 70.5 Å². The Hall–Kier alpha value is -1.44. The van der Waals surface area contributed by atoms with Crippen LogP contribution in [0.25, 0.3) is 0 Å². The van der Waals surface area contributed by atoms with Gasteiger partial charge in [-0.1, -0.05) is 18.2 Å². The number of hydrogen-bond donors (Lipinski definition) is 1. The molecule has 1 aliphatic rings. The van der Waals surface area contributed by atoms with E-state index in [-0.39, 0.29) is 10.8 Å². The Morgan fingerprint density at radius 1 is 1.40 bits per heavy atom. The largest absolute Gasteiger partial charge is 0.388 e. The molecule has 2 heterocycles. The molecule has 7 heteroatoms. The molecule has 2 aromatic rings. The predicted octanol–water partition coefficient (Wildman–Crippen LogP) is 2.08. The highest BCUT2D eigenvalue weighted by atomic mass is 32.2. The second-order valence-electron chi connectivity index (χ2n) is 4.64. The third kappa shape index (κ3) is 2.11. The first-order chi connectivity index (χ1) is 9.50. The number of sulfonamides is 1. The number of thiazole rings is 1. The number of aryl methyl sites for hydroxylation is 1. The van der Waals surface area contributed by atoms with Crippen LogP contribution in [0.1, 0.15) is 23.1 Å². The van der Waals surface area contributed by atoms with Gasteiger partial charge >= 0.3 is 0 Å². The summed E-state index contributed by atoms with van der Waals surface area (Å²) in [6.45, 7) is 2.05. The lowest BCUT2D eigenvalue weighted by atomic mass is 10.0. The van der Waals surface area contributed by atoms with E-state index in [0.29, 0.717) is 22.7 Å². The average molecular weight is 310 g/mol. The van der Waals surface area contributed by atoms with Crippen molar-refractivity contribution in [2.45, 2.75) is 23.7 Å². The van der Waals surface area contributed by atoms with Gasteiger partial charge in [0.15, 0.2) is 4.21 Å². The molecule has 1 aromatic heterocycles. The summed E-state index contributed by atoms with van der Waals surface area (Å²) in [6, 6.07) is 7.06. The van der Waals surface area contributed by atoms with Crippen LogP contribution in [0.4, 0.5) is 5.69 Å². The summed E-state index contributed by atoms with van der Waals surface area (Å²) in [7, 11) is -3.60. The Kier molecular flexibility index (Phi) is 3.27. The van der Waals surface area contributed by atoms with Crippen LogP contribution in [-0.2, 0) is 10.0 Å². The minimum absolute atomic E-state index is 0.237. The zero-order chi connectivity index (χ0) is 14.3. The molecule has 1 aromatic carbocycles. The SMILES string of the molecule is Cc1ncc(S(=O)(=O)N2CCC(O)c3ccccc32)s1. The van der Waals surface area contributed by atoms with Gasteiger partial charge in [0.2, 0.25) is 0 Å². The normalized spacial score (nSPS) is 18.9. The lowest BCUT2D eigenvalue weighted by Gasteiger charge is -2.32. The fraction of sp³-hybridized carbons (Fsp3) is 0.308. The highest BCUT2D eigenvalue weighted by molar-refractivity contribution is 7.94. The molecule has 0 radical (unpaired) electrons. The standard InChI is InChI=1S/C13H14N2O3S2/c1-9-14-8-13(19-9)20(17,18)15-7-6-12(16)10-4-2-3-5-11(10)15/h2-5,8,12,16H,6-7H2,1H3. The van der Waals surface area contributed by atoms with E-state index in [1.807, 2.05) is 0 Å². The maximum Gasteiger partial charge on any atom is 0.275 e. The number of nitrogens with zero attached hydrogens (tertiary/aromatic N) is 2. The van der Waals surface area contributed by atoms with E-state index >= 15 is 0 Å². The number of hydrogen-bond acceptors (Lipinski definition) is 5. The van der Waals surface area contributed by atoms with Gasteiger partial charge in [-0.05, 0) is 19.4 Å². The minimum atomic E-state index is -3.60. The molecule has 0 saturated heterocycles. The molecular weight excluding hydrogens is 296 g/mol. The minimum Gasteiger partial charge on any atom is -0.388 e. The van der Waals surface area contributed by atoms with Gasteiger partial charge < -0.3 is 5.11 Å². The Bertz CT molecular complexity index is 740. The number of aliphatic hydroxyl groups excluding tert-OH is 1. The van der Waals surface area contributed by atoms with E-state index in [0.717, 1.165) is 11.3 Å². The number of benzene rings is 1. The number of fused-ring (bicyclic) bond motifs is 1. The van der Waals surface area contributed by atoms with Crippen LogP contribution in [0.2, 0.25) is 0 Å². The molecule has 0 saturated carbocycles. The number of rotatable bonds is 2. The van der Waals surface area contributed by atoms with Crippen molar-refractivity contribution in [2.75, 3.05) is 10.8 Å². The van der Waals surface area contributed by atoms with E-state index in [2.05, 4.69) is 4.98 Å². The molecule has 0 aliphatic carbocycles. The van der Waals surface area contributed by atoms with Crippen LogP contribution >= 0.6 is 11.3 Å². The van der Waals surface area contributed by atoms with Crippen LogP contribution in [0, 0.1) is 6.92 Å². The van der Waals surface area contributed by atoms with Crippen LogP contribution < -0.4 is 4.31 Å². The first kappa shape index (κ1) is 13.5. The van der Waals surface area contributed by atoms with Crippen molar-refractivity contribution >= 4 is 27.0 Å². The third-order valence-electron chi connectivity index (χ3n) is 3.31. The average Bonchev–Trinajstić information content (AvgIpc) is 2.87. The maximum atomic E-state index is 12.7. The van der Waals surface area contributed by atoms with Gasteiger partial charge in [-0.15, -0.1) is 11.3 Å². The van der Waals surface area contributed by atoms with Gasteiger partial charge in [0.1, 0.15) is 0 Å². The van der Waals surface area contributed by atoms with Crippen molar-refractivity contribution in [2.24, 2.45) is 0 Å². The maximum absolute atomic E-state index is 12.7. The summed E-state index contributed by atoms with van der Waals surface area (Å²) >= 11 is 1.16. The van der Waals surface area contributed by atoms with Gasteiger partial charge in [-0.25, -0.2) is 13.4 Å². The Balaban J connectivity index is 2.10. The van der Waals surface area contributed by atoms with Crippen LogP contribution in [0.5, 0.6) is 0 Å². The van der Waals surface area contributed by atoms with E-state index < -0.39 is 16.1 Å². The highest BCUT2D eigenvalue weighted by Gasteiger charge is 2.33. The van der Waals surface area contributed by atoms with Gasteiger partial charge in [-0.3, -0.25) is 4.31 Å². The fourth-order valence-corrected chi connectivity index (χ4v) is 5.06. The Morgan fingerprint density at radius 3 is 2.85 bits per heavy atom. The molecule has 3 rings (SSSR count). The molecule has 20 heavy (non-hydrogen) atoms. The molecule has 1 aliphatic heterocycles. The first-order valence-electron chi connectivity index (χ1n) is 6.22. The first-order valence-corrected chi connectivity index (χ1v) is 8.48. The highest BCUT2D eigenvalue weighted by Crippen LogP contribution is 2.37. The molecule has 0 fully saturated rings. The lowest BCUT2D eigenvalue weighted by molar-refractivity contribution is 0.166. The summed E-state index contributed by atoms with van der Waals surface area (Å²) < 4.78 is 27.0. The van der Waals surface area contributed by atoms with E-state index in [4.69, 9.17) is 0 Å². The van der Waals surface area contributed by atoms with Crippen molar-refractivity contribution in [3.05, 3.63) is 41.0 Å². The summed E-state index contributed by atoms with van der Waals surface area (Å²) in [5.41, 5.74) is 1.21. The zero-order valence-electron chi connectivity index (χ0n) is 10.9. The summed E-state index contributed by atoms with van der Waals surface area (Å²) in [6.07, 6.45) is 1.18. The molecule has 1 unspecified atom stereocenters. The van der Waals surface area contributed by atoms with Crippen LogP contribution in [0.3, 0.4) is 0 Å². The van der Waals surface area contributed by atoms with Crippen molar-refractivity contribution in [3.8, 4) is 0 Å². The van der Waals surface area contributed by atoms with Gasteiger partial charge in [0, 0.05) is 12.1 Å². The summed E-state index contributed by atoms with van der Waals surface area (Å²) in [5, 5.41) is 10.7. The van der Waals surface area contributed by atoms with E-state index in [9.17, 15) is 13.5 Å². The van der Waals surface area contributed by atoms with Gasteiger partial charge in [-0.2, -0.15) is 0 Å². The molecule has 5 nitrogen and oxygen atoms in total. The lowest BCUT2D eigenvalue weighted by Crippen LogP contribution is -2.36. The number of aliphatic hydroxyl groups is 1. The number of aromatic nitrogens is 1. The molecule has 0 bridgehead atoms. The van der Waals surface area contributed by atoms with Gasteiger partial charge in [0.05, 0.1) is 23.0 Å². The molecule has 1 N–H and O–H groups in total. The predicted molar refractivity (Wildman–Crippen MR) is 77.4 cm³/mol. The molecular formula is C13H14N2O3S2. The van der Waals surface area contributed by atoms with Crippen molar-refractivity contribution in [3.63, 3.8) is 0 Å². The second kappa shape index (κ2) is 4.83. The van der Waals surface area contributed by atoms with Crippen molar-refractivity contribution in [1.29, 1.82) is 0 Å². The molecule has 0 spiro atoms. The van der Waals surface area contributed by atoms with Crippen molar-refractivity contribution < 1.29 is 13.5 Å². The Labute approximate surface area is 121 Å².